The van der Waals surface area contributed by atoms with Crippen molar-refractivity contribution in [2.24, 2.45) is 0 Å². The van der Waals surface area contributed by atoms with Crippen LogP contribution in [0.25, 0.3) is 0 Å². The molecule has 0 heterocycles. The van der Waals surface area contributed by atoms with Gasteiger partial charge in [-0.05, 0) is 0 Å². The highest BCUT2D eigenvalue weighted by Crippen LogP contribution is 1.85. The van der Waals surface area contributed by atoms with Crippen LogP contribution in [0.15, 0.2) is 0 Å². The van der Waals surface area contributed by atoms with Crippen LogP contribution in [0.5, 0.6) is 0 Å². The van der Waals surface area contributed by atoms with Crippen LogP contribution in [0.1, 0.15) is 0 Å². The molecule has 2 N–H and O–H groups in total. The van der Waals surface area contributed by atoms with E-state index in [1.807, 2.05) is 0 Å². The summed E-state index contributed by atoms with van der Waals surface area (Å²) in [6.07, 6.45) is 0. The van der Waals surface area contributed by atoms with E-state index in [-0.39, 0.29) is 0 Å². The van der Waals surface area contributed by atoms with Crippen LogP contribution in [-0.4, -0.2) is 18.9 Å². The van der Waals surface area contributed by atoms with E-state index < -0.39 is 10.6 Å². The molecule has 0 bridgehead atoms. The van der Waals surface area contributed by atoms with Crippen molar-refractivity contribution in [3.8, 4) is 0 Å². The van der Waals surface area contributed by atoms with Gasteiger partial charge in [-0.15, -0.1) is 0 Å². The van der Waals surface area contributed by atoms with Crippen molar-refractivity contribution in [2.75, 3.05) is 0 Å². The number of hydrogen-bond acceptors (Lipinski definition) is 4. The number of halogens is 2. The average molecular weight is 136 g/mol. The lowest BCUT2D eigenvalue weighted by molar-refractivity contribution is -0.176. The zero-order chi connectivity index (χ0) is 6.50. The molecule has 0 amide bonds. The maximum absolute atomic E-state index is 9.99. The summed E-state index contributed by atoms with van der Waals surface area (Å²) in [6, 6.07) is 0. The van der Waals surface area contributed by atoms with Gasteiger partial charge in [-0.3, -0.25) is 10.5 Å². The summed E-state index contributed by atoms with van der Waals surface area (Å²) in [5, 5.41) is 12.0. The molecule has 0 saturated heterocycles. The second-order valence-electron chi connectivity index (χ2n) is 0.378. The van der Waals surface area contributed by atoms with Crippen molar-refractivity contribution >= 4 is 10.6 Å². The Hall–Kier alpha value is -0.270. The lowest BCUT2D eigenvalue weighted by atomic mass is 15.0. The SMILES string of the molecule is O=S(=O)(F)F.OO. The molecule has 7 heavy (non-hydrogen) atoms. The van der Waals surface area contributed by atoms with Gasteiger partial charge in [0.2, 0.25) is 0 Å². The summed E-state index contributed by atoms with van der Waals surface area (Å²) in [5.74, 6) is 0. The Morgan fingerprint density at radius 1 is 1.14 bits per heavy atom. The first-order chi connectivity index (χ1) is 3.00. The van der Waals surface area contributed by atoms with E-state index in [9.17, 15) is 7.77 Å². The van der Waals surface area contributed by atoms with Gasteiger partial charge in [0.25, 0.3) is 0 Å². The third-order valence-electron chi connectivity index (χ3n) is 0. The van der Waals surface area contributed by atoms with Gasteiger partial charge < -0.3 is 0 Å². The van der Waals surface area contributed by atoms with Crippen molar-refractivity contribution in [1.29, 1.82) is 0 Å². The molecular formula is H2F2O4S. The maximum Gasteiger partial charge on any atom is 0.476 e. The van der Waals surface area contributed by atoms with Crippen molar-refractivity contribution in [2.45, 2.75) is 0 Å². The minimum Gasteiger partial charge on any atom is -0.255 e. The van der Waals surface area contributed by atoms with Crippen molar-refractivity contribution in [3.63, 3.8) is 0 Å². The van der Waals surface area contributed by atoms with Gasteiger partial charge in [0.1, 0.15) is 0 Å². The average Bonchev–Trinajstić information content (AvgIpc) is 1.36. The van der Waals surface area contributed by atoms with E-state index in [1.54, 1.807) is 0 Å². The third-order valence-corrected chi connectivity index (χ3v) is 0. The highest BCUT2D eigenvalue weighted by Gasteiger charge is 1.94. The molecule has 0 aliphatic rings. The van der Waals surface area contributed by atoms with Crippen LogP contribution in [0.3, 0.4) is 0 Å². The minimum atomic E-state index is -5.67. The number of rotatable bonds is 0. The van der Waals surface area contributed by atoms with Crippen LogP contribution in [0, 0.1) is 0 Å². The molecule has 0 aromatic carbocycles. The summed E-state index contributed by atoms with van der Waals surface area (Å²) in [6.45, 7) is 0. The highest BCUT2D eigenvalue weighted by atomic mass is 32.3. The standard InChI is InChI=1S/F2O2S.H2O2/c1-5(2,3)4;1-2/h;1-2H. The highest BCUT2D eigenvalue weighted by molar-refractivity contribution is 7.81. The molecule has 0 aliphatic heterocycles. The first-order valence-electron chi connectivity index (χ1n) is 0.842. The predicted octanol–water partition coefficient (Wildman–Crippen LogP) is 0.188. The van der Waals surface area contributed by atoms with E-state index in [2.05, 4.69) is 0 Å². The molecule has 0 aromatic heterocycles. The molecule has 0 atom stereocenters. The van der Waals surface area contributed by atoms with Gasteiger partial charge in [0, 0.05) is 0 Å². The molecule has 0 radical (unpaired) electrons. The summed E-state index contributed by atoms with van der Waals surface area (Å²) in [4.78, 5) is 0. The van der Waals surface area contributed by atoms with E-state index in [1.165, 1.54) is 0 Å². The summed E-state index contributed by atoms with van der Waals surface area (Å²) < 4.78 is 36.6. The van der Waals surface area contributed by atoms with Crippen LogP contribution in [-0.2, 0) is 10.6 Å². The Morgan fingerprint density at radius 3 is 1.14 bits per heavy atom. The van der Waals surface area contributed by atoms with Crippen LogP contribution < -0.4 is 0 Å². The molecule has 0 aliphatic carbocycles. The quantitative estimate of drug-likeness (QED) is 0.283. The molecule has 0 fully saturated rings. The molecule has 46 valence electrons. The van der Waals surface area contributed by atoms with Gasteiger partial charge in [0.05, 0.1) is 0 Å². The number of hydrogen-bond donors (Lipinski definition) is 2. The van der Waals surface area contributed by atoms with Gasteiger partial charge in [-0.2, -0.15) is 8.42 Å². The Morgan fingerprint density at radius 2 is 1.14 bits per heavy atom. The molecule has 0 spiro atoms. The van der Waals surface area contributed by atoms with E-state index in [0.29, 0.717) is 0 Å². The minimum absolute atomic E-state index is 5.67. The third kappa shape index (κ3) is 1090. The van der Waals surface area contributed by atoms with Crippen LogP contribution >= 0.6 is 0 Å². The Bertz CT molecular complexity index is 92.9. The van der Waals surface area contributed by atoms with Crippen LogP contribution in [0.2, 0.25) is 0 Å². The fourth-order valence-corrected chi connectivity index (χ4v) is 0. The molecular weight excluding hydrogens is 134 g/mol. The van der Waals surface area contributed by atoms with E-state index in [4.69, 9.17) is 18.9 Å². The van der Waals surface area contributed by atoms with Crippen LogP contribution in [0.4, 0.5) is 7.77 Å². The van der Waals surface area contributed by atoms with Gasteiger partial charge in [0.15, 0.2) is 0 Å². The smallest absolute Gasteiger partial charge is 0.255 e. The van der Waals surface area contributed by atoms with E-state index >= 15 is 0 Å². The lowest BCUT2D eigenvalue weighted by Gasteiger charge is -1.57. The topological polar surface area (TPSA) is 74.6 Å². The maximum atomic E-state index is 9.99. The Labute approximate surface area is 38.4 Å². The second-order valence-corrected chi connectivity index (χ2v) is 1.14. The van der Waals surface area contributed by atoms with E-state index in [0.717, 1.165) is 0 Å². The largest absolute Gasteiger partial charge is 0.476 e. The predicted molar refractivity (Wildman–Crippen MR) is 16.4 cm³/mol. The monoisotopic (exact) mass is 136 g/mol. The fourth-order valence-electron chi connectivity index (χ4n) is 0. The van der Waals surface area contributed by atoms with Gasteiger partial charge in [-0.25, -0.2) is 0 Å². The fraction of sp³-hybridized carbons (Fsp3) is 0. The van der Waals surface area contributed by atoms with Crippen molar-refractivity contribution in [3.05, 3.63) is 0 Å². The van der Waals surface area contributed by atoms with Gasteiger partial charge >= 0.3 is 10.6 Å². The lowest BCUT2D eigenvalue weighted by Crippen LogP contribution is -1.69. The molecule has 0 saturated carbocycles. The molecule has 7 heteroatoms. The Kier molecular flexibility index (Phi) is 5.51. The normalized spacial score (nSPS) is 9.14. The summed E-state index contributed by atoms with van der Waals surface area (Å²) >= 11 is 0. The summed E-state index contributed by atoms with van der Waals surface area (Å²) in [7, 11) is -5.67. The van der Waals surface area contributed by atoms with Crippen molar-refractivity contribution < 1.29 is 26.7 Å². The molecule has 0 rings (SSSR count). The first-order valence-corrected chi connectivity index (χ1v) is 2.13. The first kappa shape index (κ1) is 9.88. The Balaban J connectivity index is 0. The zero-order valence-corrected chi connectivity index (χ0v) is 3.69. The molecule has 4 nitrogen and oxygen atoms in total. The molecule has 0 aromatic rings. The van der Waals surface area contributed by atoms with Gasteiger partial charge in [-0.1, -0.05) is 7.77 Å². The second kappa shape index (κ2) is 3.90. The van der Waals surface area contributed by atoms with Crippen molar-refractivity contribution in [1.82, 2.24) is 0 Å². The molecule has 0 unspecified atom stereocenters. The zero-order valence-electron chi connectivity index (χ0n) is 2.88. The summed E-state index contributed by atoms with van der Waals surface area (Å²) in [5.41, 5.74) is 0.